The number of aromatic hydroxyl groups is 1. The molecule has 94 valence electrons. The number of rotatable bonds is 4. The largest absolute Gasteiger partial charge is 0.508 e. The van der Waals surface area contributed by atoms with E-state index in [1.165, 1.54) is 32.4 Å². The molecule has 17 heavy (non-hydrogen) atoms. The molecule has 3 N–H and O–H groups in total. The Morgan fingerprint density at radius 2 is 1.94 bits per heavy atom. The third-order valence-electron chi connectivity index (χ3n) is 3.47. The van der Waals surface area contributed by atoms with E-state index in [2.05, 4.69) is 4.90 Å². The van der Waals surface area contributed by atoms with Gasteiger partial charge in [-0.3, -0.25) is 0 Å². The van der Waals surface area contributed by atoms with Crippen LogP contribution in [-0.2, 0) is 6.42 Å². The number of aryl methyl sites for hydroxylation is 1. The van der Waals surface area contributed by atoms with Gasteiger partial charge in [-0.2, -0.15) is 0 Å². The Bertz CT molecular complexity index is 359. The highest BCUT2D eigenvalue weighted by atomic mass is 16.3. The van der Waals surface area contributed by atoms with Crippen molar-refractivity contribution in [2.24, 2.45) is 0 Å². The third-order valence-corrected chi connectivity index (χ3v) is 3.47. The Hall–Kier alpha value is -1.22. The normalized spacial score (nSPS) is 17.2. The lowest BCUT2D eigenvalue weighted by atomic mass is 10.1. The standard InChI is InChI=1S/C14H22N2O/c15-13-6-7-14(17)12(11-13)5-4-10-16-8-2-1-3-9-16/h6-7,11,17H,1-5,8-10,15H2. The van der Waals surface area contributed by atoms with Crippen LogP contribution in [-0.4, -0.2) is 29.6 Å². The summed E-state index contributed by atoms with van der Waals surface area (Å²) in [5.74, 6) is 0.373. The minimum atomic E-state index is 0.373. The molecule has 0 aliphatic carbocycles. The summed E-state index contributed by atoms with van der Waals surface area (Å²) in [6.45, 7) is 3.61. The summed E-state index contributed by atoms with van der Waals surface area (Å²) in [4.78, 5) is 2.52. The topological polar surface area (TPSA) is 49.5 Å². The second-order valence-electron chi connectivity index (χ2n) is 4.89. The molecule has 0 aromatic heterocycles. The molecule has 1 aromatic carbocycles. The molecule has 0 spiro atoms. The summed E-state index contributed by atoms with van der Waals surface area (Å²) in [6, 6.07) is 5.31. The molecule has 1 aromatic rings. The van der Waals surface area contributed by atoms with E-state index >= 15 is 0 Å². The summed E-state index contributed by atoms with van der Waals surface area (Å²) >= 11 is 0. The number of anilines is 1. The van der Waals surface area contributed by atoms with Gasteiger partial charge in [0.15, 0.2) is 0 Å². The highest BCUT2D eigenvalue weighted by Crippen LogP contribution is 2.21. The van der Waals surface area contributed by atoms with Gasteiger partial charge in [0.2, 0.25) is 0 Å². The average Bonchev–Trinajstić information content (AvgIpc) is 2.35. The number of hydrogen-bond acceptors (Lipinski definition) is 3. The summed E-state index contributed by atoms with van der Waals surface area (Å²) in [7, 11) is 0. The average molecular weight is 234 g/mol. The maximum atomic E-state index is 9.70. The second-order valence-corrected chi connectivity index (χ2v) is 4.89. The van der Waals surface area contributed by atoms with E-state index in [0.717, 1.165) is 30.6 Å². The maximum Gasteiger partial charge on any atom is 0.118 e. The molecule has 0 unspecified atom stereocenters. The molecule has 1 aliphatic heterocycles. The van der Waals surface area contributed by atoms with Crippen molar-refractivity contribution < 1.29 is 5.11 Å². The Morgan fingerprint density at radius 3 is 2.71 bits per heavy atom. The summed E-state index contributed by atoms with van der Waals surface area (Å²) in [6.07, 6.45) is 6.06. The predicted molar refractivity (Wildman–Crippen MR) is 71.1 cm³/mol. The monoisotopic (exact) mass is 234 g/mol. The molecule has 0 atom stereocenters. The van der Waals surface area contributed by atoms with Crippen LogP contribution < -0.4 is 5.73 Å². The zero-order valence-electron chi connectivity index (χ0n) is 10.4. The van der Waals surface area contributed by atoms with Crippen LogP contribution in [0.25, 0.3) is 0 Å². The fraction of sp³-hybridized carbons (Fsp3) is 0.571. The molecule has 0 radical (unpaired) electrons. The summed E-state index contributed by atoms with van der Waals surface area (Å²) in [5.41, 5.74) is 7.43. The third kappa shape index (κ3) is 3.63. The van der Waals surface area contributed by atoms with Crippen molar-refractivity contribution in [3.63, 3.8) is 0 Å². The molecule has 1 aliphatic rings. The quantitative estimate of drug-likeness (QED) is 0.621. The molecule has 1 fully saturated rings. The number of hydrogen-bond donors (Lipinski definition) is 2. The van der Waals surface area contributed by atoms with E-state index in [1.807, 2.05) is 6.07 Å². The molecule has 0 bridgehead atoms. The summed E-state index contributed by atoms with van der Waals surface area (Å²) in [5, 5.41) is 9.70. The second kappa shape index (κ2) is 5.92. The van der Waals surface area contributed by atoms with E-state index in [1.54, 1.807) is 12.1 Å². The zero-order valence-corrected chi connectivity index (χ0v) is 10.4. The lowest BCUT2D eigenvalue weighted by Crippen LogP contribution is -2.30. The number of nitrogen functional groups attached to an aromatic ring is 1. The highest BCUT2D eigenvalue weighted by molar-refractivity contribution is 5.47. The number of nitrogens with zero attached hydrogens (tertiary/aromatic N) is 1. The van der Waals surface area contributed by atoms with Gasteiger partial charge in [-0.1, -0.05) is 6.42 Å². The number of piperidine rings is 1. The van der Waals surface area contributed by atoms with Crippen LogP contribution in [0.3, 0.4) is 0 Å². The van der Waals surface area contributed by atoms with Crippen molar-refractivity contribution in [2.45, 2.75) is 32.1 Å². The first-order valence-electron chi connectivity index (χ1n) is 6.55. The molecule has 2 rings (SSSR count). The molecule has 3 heteroatoms. The van der Waals surface area contributed by atoms with Crippen LogP contribution in [0.5, 0.6) is 5.75 Å². The molecule has 1 saturated heterocycles. The summed E-state index contributed by atoms with van der Waals surface area (Å²) < 4.78 is 0. The van der Waals surface area contributed by atoms with Crippen LogP contribution in [0.4, 0.5) is 5.69 Å². The van der Waals surface area contributed by atoms with Gasteiger partial charge in [0.1, 0.15) is 5.75 Å². The van der Waals surface area contributed by atoms with Crippen molar-refractivity contribution >= 4 is 5.69 Å². The van der Waals surface area contributed by atoms with Gasteiger partial charge in [0.25, 0.3) is 0 Å². The fourth-order valence-corrected chi connectivity index (χ4v) is 2.48. The smallest absolute Gasteiger partial charge is 0.118 e. The first-order valence-corrected chi connectivity index (χ1v) is 6.55. The van der Waals surface area contributed by atoms with Crippen molar-refractivity contribution in [1.29, 1.82) is 0 Å². The number of nitrogens with two attached hydrogens (primary N) is 1. The van der Waals surface area contributed by atoms with Crippen LogP contribution in [0.15, 0.2) is 18.2 Å². The van der Waals surface area contributed by atoms with Crippen molar-refractivity contribution in [3.8, 4) is 5.75 Å². The Balaban J connectivity index is 1.79. The lowest BCUT2D eigenvalue weighted by Gasteiger charge is -2.26. The van der Waals surface area contributed by atoms with Crippen molar-refractivity contribution in [1.82, 2.24) is 4.90 Å². The minimum absolute atomic E-state index is 0.373. The Labute approximate surface area is 103 Å². The molecule has 3 nitrogen and oxygen atoms in total. The van der Waals surface area contributed by atoms with E-state index < -0.39 is 0 Å². The maximum absolute atomic E-state index is 9.70. The van der Waals surface area contributed by atoms with Crippen LogP contribution in [0.2, 0.25) is 0 Å². The fourth-order valence-electron chi connectivity index (χ4n) is 2.48. The van der Waals surface area contributed by atoms with E-state index in [4.69, 9.17) is 5.73 Å². The first kappa shape index (κ1) is 12.2. The van der Waals surface area contributed by atoms with Gasteiger partial charge in [0.05, 0.1) is 0 Å². The van der Waals surface area contributed by atoms with Gasteiger partial charge in [-0.15, -0.1) is 0 Å². The van der Waals surface area contributed by atoms with Gasteiger partial charge in [-0.05, 0) is 69.1 Å². The zero-order chi connectivity index (χ0) is 12.1. The van der Waals surface area contributed by atoms with Gasteiger partial charge in [0, 0.05) is 5.69 Å². The van der Waals surface area contributed by atoms with Crippen LogP contribution in [0, 0.1) is 0 Å². The SMILES string of the molecule is Nc1ccc(O)c(CCCN2CCCCC2)c1. The lowest BCUT2D eigenvalue weighted by molar-refractivity contribution is 0.226. The van der Waals surface area contributed by atoms with E-state index in [0.29, 0.717) is 5.75 Å². The van der Waals surface area contributed by atoms with E-state index in [9.17, 15) is 5.11 Å². The van der Waals surface area contributed by atoms with Gasteiger partial charge >= 0.3 is 0 Å². The predicted octanol–water partition coefficient (Wildman–Crippen LogP) is 2.39. The van der Waals surface area contributed by atoms with Crippen LogP contribution >= 0.6 is 0 Å². The molecule has 0 saturated carbocycles. The molecular formula is C14H22N2O. The Kier molecular flexibility index (Phi) is 4.26. The van der Waals surface area contributed by atoms with Crippen molar-refractivity contribution in [2.75, 3.05) is 25.4 Å². The van der Waals surface area contributed by atoms with E-state index in [-0.39, 0.29) is 0 Å². The minimum Gasteiger partial charge on any atom is -0.508 e. The van der Waals surface area contributed by atoms with Gasteiger partial charge in [-0.25, -0.2) is 0 Å². The first-order chi connectivity index (χ1) is 8.25. The molecule has 0 amide bonds. The van der Waals surface area contributed by atoms with Crippen LogP contribution in [0.1, 0.15) is 31.2 Å². The van der Waals surface area contributed by atoms with Gasteiger partial charge < -0.3 is 15.7 Å². The number of likely N-dealkylation sites (tertiary alicyclic amines) is 1. The molecule has 1 heterocycles. The number of benzene rings is 1. The highest BCUT2D eigenvalue weighted by Gasteiger charge is 2.09. The number of phenolic OH excluding ortho intramolecular Hbond substituents is 1. The number of phenols is 1. The molecular weight excluding hydrogens is 212 g/mol. The van der Waals surface area contributed by atoms with Crippen molar-refractivity contribution in [3.05, 3.63) is 23.8 Å². The Morgan fingerprint density at radius 1 is 1.18 bits per heavy atom.